The van der Waals surface area contributed by atoms with Crippen molar-refractivity contribution < 1.29 is 4.74 Å². The predicted octanol–water partition coefficient (Wildman–Crippen LogP) is 1.55. The summed E-state index contributed by atoms with van der Waals surface area (Å²) in [4.78, 5) is 8.28. The molecule has 16 heavy (non-hydrogen) atoms. The van der Waals surface area contributed by atoms with Crippen molar-refractivity contribution in [1.29, 1.82) is 0 Å². The number of nitrogens with zero attached hydrogens (tertiary/aromatic N) is 2. The lowest BCUT2D eigenvalue weighted by Crippen LogP contribution is -2.32. The summed E-state index contributed by atoms with van der Waals surface area (Å²) in [7, 11) is 0. The second-order valence-electron chi connectivity index (χ2n) is 4.32. The number of aromatic nitrogens is 2. The molecule has 0 saturated carbocycles. The molecule has 88 valence electrons. The molecule has 0 bridgehead atoms. The van der Waals surface area contributed by atoms with Crippen LogP contribution in [-0.4, -0.2) is 29.7 Å². The Bertz CT molecular complexity index is 298. The number of piperidine rings is 1. The van der Waals surface area contributed by atoms with E-state index in [0.717, 1.165) is 25.4 Å². The summed E-state index contributed by atoms with van der Waals surface area (Å²) in [5, 5.41) is 3.39. The third kappa shape index (κ3) is 3.25. The van der Waals surface area contributed by atoms with Crippen molar-refractivity contribution in [1.82, 2.24) is 15.3 Å². The van der Waals surface area contributed by atoms with E-state index < -0.39 is 0 Å². The van der Waals surface area contributed by atoms with E-state index in [1.807, 2.05) is 6.92 Å². The molecule has 1 aromatic heterocycles. The molecule has 0 radical (unpaired) electrons. The van der Waals surface area contributed by atoms with Crippen molar-refractivity contribution in [3.05, 3.63) is 24.3 Å². The summed E-state index contributed by atoms with van der Waals surface area (Å²) in [6.07, 6.45) is 7.71. The third-order valence-electron chi connectivity index (χ3n) is 2.98. The Hall–Kier alpha value is -1.00. The van der Waals surface area contributed by atoms with E-state index in [9.17, 15) is 0 Å². The third-order valence-corrected chi connectivity index (χ3v) is 2.98. The monoisotopic (exact) mass is 221 g/mol. The van der Waals surface area contributed by atoms with E-state index in [4.69, 9.17) is 4.74 Å². The maximum absolute atomic E-state index is 5.82. The van der Waals surface area contributed by atoms with Crippen LogP contribution in [0.4, 0.5) is 0 Å². The Morgan fingerprint density at radius 3 is 3.19 bits per heavy atom. The zero-order valence-electron chi connectivity index (χ0n) is 9.72. The van der Waals surface area contributed by atoms with E-state index >= 15 is 0 Å². The first kappa shape index (κ1) is 11.5. The smallest absolute Gasteiger partial charge is 0.0982 e. The van der Waals surface area contributed by atoms with E-state index in [1.165, 1.54) is 12.8 Å². The molecule has 0 aliphatic carbocycles. The van der Waals surface area contributed by atoms with Gasteiger partial charge in [0, 0.05) is 18.9 Å². The van der Waals surface area contributed by atoms with Crippen molar-refractivity contribution in [3.8, 4) is 0 Å². The highest BCUT2D eigenvalue weighted by molar-refractivity contribution is 4.97. The van der Waals surface area contributed by atoms with Gasteiger partial charge >= 0.3 is 0 Å². The van der Waals surface area contributed by atoms with Gasteiger partial charge in [0.25, 0.3) is 0 Å². The maximum Gasteiger partial charge on any atom is 0.0982 e. The quantitative estimate of drug-likeness (QED) is 0.838. The summed E-state index contributed by atoms with van der Waals surface area (Å²) in [6.45, 7) is 5.06. The van der Waals surface area contributed by atoms with Gasteiger partial charge in [-0.25, -0.2) is 0 Å². The van der Waals surface area contributed by atoms with Gasteiger partial charge in [0.05, 0.1) is 24.6 Å². The molecule has 1 aliphatic heterocycles. The molecule has 0 aromatic carbocycles. The second kappa shape index (κ2) is 5.92. The van der Waals surface area contributed by atoms with Crippen LogP contribution in [0.5, 0.6) is 0 Å². The Morgan fingerprint density at radius 2 is 2.50 bits per heavy atom. The topological polar surface area (TPSA) is 47.0 Å². The van der Waals surface area contributed by atoms with Crippen molar-refractivity contribution in [2.75, 3.05) is 19.7 Å². The molecule has 1 N–H and O–H groups in total. The van der Waals surface area contributed by atoms with Crippen molar-refractivity contribution >= 4 is 0 Å². The van der Waals surface area contributed by atoms with Crippen molar-refractivity contribution in [2.45, 2.75) is 25.9 Å². The molecule has 0 amide bonds. The second-order valence-corrected chi connectivity index (χ2v) is 4.32. The number of rotatable bonds is 4. The lowest BCUT2D eigenvalue weighted by atomic mass is 10.0. The van der Waals surface area contributed by atoms with Crippen LogP contribution < -0.4 is 5.32 Å². The minimum Gasteiger partial charge on any atom is -0.372 e. The van der Waals surface area contributed by atoms with E-state index in [0.29, 0.717) is 5.92 Å². The van der Waals surface area contributed by atoms with Gasteiger partial charge in [0.1, 0.15) is 0 Å². The Kier molecular flexibility index (Phi) is 4.25. The molecule has 1 fully saturated rings. The summed E-state index contributed by atoms with van der Waals surface area (Å²) in [6, 6.07) is 0. The Labute approximate surface area is 96.4 Å². The van der Waals surface area contributed by atoms with E-state index in [2.05, 4.69) is 15.3 Å². The predicted molar refractivity (Wildman–Crippen MR) is 62.0 cm³/mol. The molecule has 1 aliphatic rings. The van der Waals surface area contributed by atoms with Gasteiger partial charge in [0.2, 0.25) is 0 Å². The standard InChI is InChI=1S/C12H19N3O/c1-10(12-8-14-5-6-15-12)16-9-11-3-2-4-13-7-11/h5-6,8,10-11,13H,2-4,7,9H2,1H3. The van der Waals surface area contributed by atoms with Gasteiger partial charge in [-0.15, -0.1) is 0 Å². The van der Waals surface area contributed by atoms with Gasteiger partial charge in [-0.1, -0.05) is 0 Å². The van der Waals surface area contributed by atoms with E-state index in [-0.39, 0.29) is 6.10 Å². The van der Waals surface area contributed by atoms with Crippen LogP contribution in [-0.2, 0) is 4.74 Å². The molecule has 4 nitrogen and oxygen atoms in total. The van der Waals surface area contributed by atoms with Crippen LogP contribution in [0.2, 0.25) is 0 Å². The van der Waals surface area contributed by atoms with Gasteiger partial charge in [0.15, 0.2) is 0 Å². The van der Waals surface area contributed by atoms with Gasteiger partial charge in [-0.3, -0.25) is 9.97 Å². The summed E-state index contributed by atoms with van der Waals surface area (Å²) < 4.78 is 5.82. The highest BCUT2D eigenvalue weighted by Crippen LogP contribution is 2.17. The first-order valence-corrected chi connectivity index (χ1v) is 5.94. The van der Waals surface area contributed by atoms with Gasteiger partial charge in [-0.2, -0.15) is 0 Å². The average Bonchev–Trinajstić information content (AvgIpc) is 2.38. The number of hydrogen-bond donors (Lipinski definition) is 1. The fourth-order valence-electron chi connectivity index (χ4n) is 1.95. The van der Waals surface area contributed by atoms with Crippen molar-refractivity contribution in [3.63, 3.8) is 0 Å². The van der Waals surface area contributed by atoms with Crippen LogP contribution in [0.1, 0.15) is 31.6 Å². The number of hydrogen-bond acceptors (Lipinski definition) is 4. The minimum atomic E-state index is 0.0376. The lowest BCUT2D eigenvalue weighted by molar-refractivity contribution is 0.0310. The first-order valence-electron chi connectivity index (χ1n) is 5.94. The Balaban J connectivity index is 1.77. The van der Waals surface area contributed by atoms with Crippen molar-refractivity contribution in [2.24, 2.45) is 5.92 Å². The largest absolute Gasteiger partial charge is 0.372 e. The molecule has 0 spiro atoms. The zero-order chi connectivity index (χ0) is 11.2. The lowest BCUT2D eigenvalue weighted by Gasteiger charge is -2.24. The summed E-state index contributed by atoms with van der Waals surface area (Å²) in [5.74, 6) is 0.646. The zero-order valence-corrected chi connectivity index (χ0v) is 9.72. The molecular weight excluding hydrogens is 202 g/mol. The highest BCUT2D eigenvalue weighted by Gasteiger charge is 2.15. The SMILES string of the molecule is CC(OCC1CCCNC1)c1cnccn1. The molecular formula is C12H19N3O. The van der Waals surface area contributed by atoms with Crippen LogP contribution in [0, 0.1) is 5.92 Å². The maximum atomic E-state index is 5.82. The van der Waals surface area contributed by atoms with Crippen LogP contribution in [0.15, 0.2) is 18.6 Å². The normalized spacial score (nSPS) is 22.9. The number of ether oxygens (including phenoxy) is 1. The molecule has 2 unspecified atom stereocenters. The van der Waals surface area contributed by atoms with Gasteiger partial charge in [-0.05, 0) is 32.2 Å². The van der Waals surface area contributed by atoms with E-state index in [1.54, 1.807) is 18.6 Å². The highest BCUT2D eigenvalue weighted by atomic mass is 16.5. The fraction of sp³-hybridized carbons (Fsp3) is 0.667. The van der Waals surface area contributed by atoms with Crippen LogP contribution in [0.3, 0.4) is 0 Å². The molecule has 1 saturated heterocycles. The Morgan fingerprint density at radius 1 is 1.56 bits per heavy atom. The van der Waals surface area contributed by atoms with Gasteiger partial charge < -0.3 is 10.1 Å². The molecule has 4 heteroatoms. The summed E-state index contributed by atoms with van der Waals surface area (Å²) >= 11 is 0. The van der Waals surface area contributed by atoms with Crippen LogP contribution >= 0.6 is 0 Å². The first-order chi connectivity index (χ1) is 7.86. The molecule has 1 aromatic rings. The minimum absolute atomic E-state index is 0.0376. The summed E-state index contributed by atoms with van der Waals surface area (Å²) in [5.41, 5.74) is 0.909. The number of nitrogens with one attached hydrogen (secondary N) is 1. The molecule has 2 atom stereocenters. The van der Waals surface area contributed by atoms with Crippen LogP contribution in [0.25, 0.3) is 0 Å². The molecule has 2 heterocycles. The molecule has 2 rings (SSSR count). The average molecular weight is 221 g/mol. The fourth-order valence-corrected chi connectivity index (χ4v) is 1.95.